The fourth-order valence-electron chi connectivity index (χ4n) is 3.23. The lowest BCUT2D eigenvalue weighted by Crippen LogP contribution is -2.33. The number of aryl methyl sites for hydroxylation is 1. The maximum Gasteiger partial charge on any atom is 0.254 e. The van der Waals surface area contributed by atoms with Gasteiger partial charge in [-0.05, 0) is 49.9 Å². The van der Waals surface area contributed by atoms with Crippen molar-refractivity contribution in [2.75, 3.05) is 5.32 Å². The van der Waals surface area contributed by atoms with Crippen LogP contribution in [0.2, 0.25) is 0 Å². The van der Waals surface area contributed by atoms with Crippen molar-refractivity contribution >= 4 is 17.5 Å². The number of carbonyl (C=O) groups is 2. The van der Waals surface area contributed by atoms with E-state index in [1.807, 2.05) is 34.8 Å². The minimum absolute atomic E-state index is 0.0207. The Labute approximate surface area is 153 Å². The monoisotopic (exact) mass is 352 g/mol. The first-order chi connectivity index (χ1) is 12.6. The molecule has 6 nitrogen and oxygen atoms in total. The van der Waals surface area contributed by atoms with E-state index in [2.05, 4.69) is 10.3 Å². The van der Waals surface area contributed by atoms with Crippen molar-refractivity contribution in [2.24, 2.45) is 13.0 Å². The third-order valence-corrected chi connectivity index (χ3v) is 5.36. The Hall–Kier alpha value is -2.63. The molecule has 2 amide bonds. The van der Waals surface area contributed by atoms with Gasteiger partial charge in [-0.3, -0.25) is 9.59 Å². The second-order valence-electron chi connectivity index (χ2n) is 7.31. The molecular formula is C20H24N4O2. The van der Waals surface area contributed by atoms with Crippen LogP contribution in [0, 0.1) is 5.92 Å². The molecule has 0 unspecified atom stereocenters. The summed E-state index contributed by atoms with van der Waals surface area (Å²) >= 11 is 0. The van der Waals surface area contributed by atoms with Gasteiger partial charge in [0.1, 0.15) is 5.82 Å². The Morgan fingerprint density at radius 2 is 1.92 bits per heavy atom. The maximum absolute atomic E-state index is 13.0. The van der Waals surface area contributed by atoms with Crippen molar-refractivity contribution in [1.29, 1.82) is 0 Å². The lowest BCUT2D eigenvalue weighted by molar-refractivity contribution is -0.122. The first-order valence-corrected chi connectivity index (χ1v) is 9.30. The third-order valence-electron chi connectivity index (χ3n) is 5.36. The molecule has 2 aliphatic carbocycles. The van der Waals surface area contributed by atoms with Gasteiger partial charge in [-0.15, -0.1) is 0 Å². The van der Waals surface area contributed by atoms with Crippen LogP contribution in [0.3, 0.4) is 0 Å². The summed E-state index contributed by atoms with van der Waals surface area (Å²) < 4.78 is 1.95. The first-order valence-electron chi connectivity index (χ1n) is 9.30. The highest BCUT2D eigenvalue weighted by Crippen LogP contribution is 2.30. The molecule has 0 radical (unpaired) electrons. The zero-order valence-corrected chi connectivity index (χ0v) is 15.0. The number of amides is 2. The van der Waals surface area contributed by atoms with Gasteiger partial charge in [-0.25, -0.2) is 4.98 Å². The molecule has 1 heterocycles. The number of nitrogens with zero attached hydrogens (tertiary/aromatic N) is 3. The van der Waals surface area contributed by atoms with E-state index in [-0.39, 0.29) is 17.7 Å². The Bertz CT molecular complexity index is 803. The molecular weight excluding hydrogens is 328 g/mol. The van der Waals surface area contributed by atoms with Gasteiger partial charge < -0.3 is 14.8 Å². The van der Waals surface area contributed by atoms with Gasteiger partial charge in [0, 0.05) is 42.7 Å². The highest BCUT2D eigenvalue weighted by molar-refractivity contribution is 5.96. The highest BCUT2D eigenvalue weighted by Gasteiger charge is 2.33. The van der Waals surface area contributed by atoms with Gasteiger partial charge in [0.05, 0.1) is 6.54 Å². The second kappa shape index (κ2) is 6.94. The summed E-state index contributed by atoms with van der Waals surface area (Å²) in [6, 6.07) is 7.53. The summed E-state index contributed by atoms with van der Waals surface area (Å²) in [6.07, 6.45) is 8.84. The third kappa shape index (κ3) is 3.49. The molecule has 1 aromatic carbocycles. The van der Waals surface area contributed by atoms with E-state index in [1.165, 1.54) is 0 Å². The number of aromatic nitrogens is 2. The van der Waals surface area contributed by atoms with E-state index in [0.29, 0.717) is 18.2 Å². The number of imidazole rings is 1. The predicted molar refractivity (Wildman–Crippen MR) is 98.5 cm³/mol. The van der Waals surface area contributed by atoms with E-state index >= 15 is 0 Å². The molecule has 26 heavy (non-hydrogen) atoms. The normalized spacial score (nSPS) is 16.8. The minimum Gasteiger partial charge on any atom is -0.337 e. The zero-order valence-electron chi connectivity index (χ0n) is 15.0. The van der Waals surface area contributed by atoms with E-state index in [4.69, 9.17) is 0 Å². The molecule has 136 valence electrons. The Kier molecular flexibility index (Phi) is 4.49. The number of hydrogen-bond acceptors (Lipinski definition) is 3. The molecule has 1 N–H and O–H groups in total. The van der Waals surface area contributed by atoms with E-state index < -0.39 is 0 Å². The predicted octanol–water partition coefficient (Wildman–Crippen LogP) is 2.96. The molecule has 1 aromatic heterocycles. The standard InChI is InChI=1S/C20H24N4O2/c1-23-12-11-21-18(23)13-24(17-9-10-17)20(26)15-5-7-16(8-6-15)22-19(25)14-3-2-4-14/h5-8,11-12,14,17H,2-4,9-10,13H2,1H3,(H,22,25). The van der Waals surface area contributed by atoms with Gasteiger partial charge in [0.15, 0.2) is 0 Å². The Morgan fingerprint density at radius 1 is 1.19 bits per heavy atom. The average molecular weight is 352 g/mol. The molecule has 4 rings (SSSR count). The SMILES string of the molecule is Cn1ccnc1CN(C(=O)c1ccc(NC(=O)C2CCC2)cc1)C1CC1. The van der Waals surface area contributed by atoms with Crippen LogP contribution >= 0.6 is 0 Å². The van der Waals surface area contributed by atoms with Crippen LogP contribution in [0.1, 0.15) is 48.3 Å². The van der Waals surface area contributed by atoms with Gasteiger partial charge in [0.2, 0.25) is 5.91 Å². The van der Waals surface area contributed by atoms with Crippen molar-refractivity contribution in [3.8, 4) is 0 Å². The molecule has 2 fully saturated rings. The lowest BCUT2D eigenvalue weighted by atomic mass is 9.85. The van der Waals surface area contributed by atoms with Crippen molar-refractivity contribution in [1.82, 2.24) is 14.5 Å². The smallest absolute Gasteiger partial charge is 0.254 e. The van der Waals surface area contributed by atoms with E-state index in [1.54, 1.807) is 18.3 Å². The van der Waals surface area contributed by atoms with Gasteiger partial charge in [-0.1, -0.05) is 6.42 Å². The summed E-state index contributed by atoms with van der Waals surface area (Å²) in [7, 11) is 1.94. The maximum atomic E-state index is 13.0. The molecule has 2 aliphatic rings. The summed E-state index contributed by atoms with van der Waals surface area (Å²) in [6.45, 7) is 0.521. The van der Waals surface area contributed by atoms with Crippen LogP contribution in [-0.2, 0) is 18.4 Å². The first kappa shape index (κ1) is 16.8. The van der Waals surface area contributed by atoms with Crippen LogP contribution in [-0.4, -0.2) is 32.3 Å². The van der Waals surface area contributed by atoms with E-state index in [9.17, 15) is 9.59 Å². The van der Waals surface area contributed by atoms with Gasteiger partial charge in [0.25, 0.3) is 5.91 Å². The number of carbonyl (C=O) groups excluding carboxylic acids is 2. The minimum atomic E-state index is 0.0207. The highest BCUT2D eigenvalue weighted by atomic mass is 16.2. The molecule has 0 bridgehead atoms. The van der Waals surface area contributed by atoms with Crippen LogP contribution in [0.4, 0.5) is 5.69 Å². The van der Waals surface area contributed by atoms with Crippen LogP contribution in [0.15, 0.2) is 36.7 Å². The summed E-state index contributed by atoms with van der Waals surface area (Å²) in [5.41, 5.74) is 1.40. The number of benzene rings is 1. The Balaban J connectivity index is 1.44. The van der Waals surface area contributed by atoms with Crippen LogP contribution < -0.4 is 5.32 Å². The number of anilines is 1. The molecule has 2 saturated carbocycles. The van der Waals surface area contributed by atoms with Crippen molar-refractivity contribution < 1.29 is 9.59 Å². The van der Waals surface area contributed by atoms with Gasteiger partial charge >= 0.3 is 0 Å². The zero-order chi connectivity index (χ0) is 18.1. The number of hydrogen-bond donors (Lipinski definition) is 1. The van der Waals surface area contributed by atoms with Crippen molar-refractivity contribution in [3.05, 3.63) is 48.0 Å². The number of nitrogens with one attached hydrogen (secondary N) is 1. The average Bonchev–Trinajstić information content (AvgIpc) is 3.34. The molecule has 6 heteroatoms. The van der Waals surface area contributed by atoms with Gasteiger partial charge in [-0.2, -0.15) is 0 Å². The second-order valence-corrected chi connectivity index (χ2v) is 7.31. The summed E-state index contributed by atoms with van der Waals surface area (Å²) in [5, 5.41) is 2.94. The summed E-state index contributed by atoms with van der Waals surface area (Å²) in [5.74, 6) is 1.14. The molecule has 0 saturated heterocycles. The molecule has 0 aliphatic heterocycles. The Morgan fingerprint density at radius 3 is 2.46 bits per heavy atom. The topological polar surface area (TPSA) is 67.2 Å². The molecule has 0 atom stereocenters. The van der Waals surface area contributed by atoms with Crippen LogP contribution in [0.25, 0.3) is 0 Å². The van der Waals surface area contributed by atoms with Crippen molar-refractivity contribution in [2.45, 2.75) is 44.7 Å². The largest absolute Gasteiger partial charge is 0.337 e. The summed E-state index contributed by atoms with van der Waals surface area (Å²) in [4.78, 5) is 31.2. The molecule has 0 spiro atoms. The molecule has 2 aromatic rings. The van der Waals surface area contributed by atoms with Crippen molar-refractivity contribution in [3.63, 3.8) is 0 Å². The fraction of sp³-hybridized carbons (Fsp3) is 0.450. The lowest BCUT2D eigenvalue weighted by Gasteiger charge is -2.24. The van der Waals surface area contributed by atoms with Crippen LogP contribution in [0.5, 0.6) is 0 Å². The quantitative estimate of drug-likeness (QED) is 0.869. The van der Waals surface area contributed by atoms with E-state index in [0.717, 1.165) is 43.6 Å². The fourth-order valence-corrected chi connectivity index (χ4v) is 3.23. The number of rotatable bonds is 6.